The van der Waals surface area contributed by atoms with Gasteiger partial charge in [-0.25, -0.2) is 0 Å². The lowest BCUT2D eigenvalue weighted by atomic mass is 9.93. The lowest BCUT2D eigenvalue weighted by Gasteiger charge is -2.26. The van der Waals surface area contributed by atoms with Crippen LogP contribution in [0, 0.1) is 13.8 Å². The van der Waals surface area contributed by atoms with E-state index in [0.29, 0.717) is 28.4 Å². The summed E-state index contributed by atoms with van der Waals surface area (Å²) in [5.41, 5.74) is 2.60. The summed E-state index contributed by atoms with van der Waals surface area (Å²) in [7, 11) is 6.04. The van der Waals surface area contributed by atoms with E-state index < -0.39 is 17.7 Å². The zero-order valence-corrected chi connectivity index (χ0v) is 19.7. The second-order valence-corrected chi connectivity index (χ2v) is 7.76. The summed E-state index contributed by atoms with van der Waals surface area (Å²) in [5, 5.41) is 11.4. The number of hydrogen-bond donors (Lipinski definition) is 1. The zero-order valence-electron chi connectivity index (χ0n) is 19.7. The standard InChI is InChI=1S/C25H29NO7/c1-14-11-15(2)24(33-6)17(12-14)22(27)20-21(26(9-10-30-3)25(29)23(20)28)16-7-8-18(31-4)19(13-16)32-5/h7-8,11-13,21,27H,9-10H2,1-6H3/b22-20+. The molecule has 33 heavy (non-hydrogen) atoms. The molecule has 1 atom stereocenters. The molecule has 176 valence electrons. The van der Waals surface area contributed by atoms with Gasteiger partial charge in [-0.2, -0.15) is 0 Å². The normalized spacial score (nSPS) is 17.4. The number of methoxy groups -OCH3 is 4. The van der Waals surface area contributed by atoms with Gasteiger partial charge in [0.1, 0.15) is 11.5 Å². The van der Waals surface area contributed by atoms with Crippen molar-refractivity contribution in [1.82, 2.24) is 4.90 Å². The monoisotopic (exact) mass is 455 g/mol. The Morgan fingerprint density at radius 2 is 1.67 bits per heavy atom. The van der Waals surface area contributed by atoms with E-state index in [-0.39, 0.29) is 24.5 Å². The summed E-state index contributed by atoms with van der Waals surface area (Å²) in [6.07, 6.45) is 0. The lowest BCUT2D eigenvalue weighted by molar-refractivity contribution is -0.140. The van der Waals surface area contributed by atoms with Gasteiger partial charge in [0.2, 0.25) is 0 Å². The van der Waals surface area contributed by atoms with Crippen LogP contribution in [0.3, 0.4) is 0 Å². The first-order valence-electron chi connectivity index (χ1n) is 10.4. The number of rotatable bonds is 8. The molecular weight excluding hydrogens is 426 g/mol. The maximum absolute atomic E-state index is 13.2. The van der Waals surface area contributed by atoms with Crippen molar-refractivity contribution in [1.29, 1.82) is 0 Å². The third-order valence-electron chi connectivity index (χ3n) is 5.68. The zero-order chi connectivity index (χ0) is 24.3. The summed E-state index contributed by atoms with van der Waals surface area (Å²) in [4.78, 5) is 27.6. The minimum absolute atomic E-state index is 0.0216. The van der Waals surface area contributed by atoms with E-state index in [1.807, 2.05) is 19.9 Å². The number of aliphatic hydroxyl groups is 1. The maximum atomic E-state index is 13.2. The third kappa shape index (κ3) is 4.39. The van der Waals surface area contributed by atoms with Crippen LogP contribution in [-0.2, 0) is 14.3 Å². The third-order valence-corrected chi connectivity index (χ3v) is 5.68. The maximum Gasteiger partial charge on any atom is 0.295 e. The molecule has 0 bridgehead atoms. The van der Waals surface area contributed by atoms with Gasteiger partial charge in [-0.05, 0) is 48.7 Å². The van der Waals surface area contributed by atoms with Gasteiger partial charge in [-0.15, -0.1) is 0 Å². The Bertz CT molecular complexity index is 1110. The van der Waals surface area contributed by atoms with Crippen molar-refractivity contribution in [3.05, 3.63) is 58.2 Å². The fraction of sp³-hybridized carbons (Fsp3) is 0.360. The van der Waals surface area contributed by atoms with Gasteiger partial charge in [0, 0.05) is 13.7 Å². The molecule has 1 aliphatic heterocycles. The van der Waals surface area contributed by atoms with Crippen molar-refractivity contribution in [3.63, 3.8) is 0 Å². The van der Waals surface area contributed by atoms with Crippen LogP contribution < -0.4 is 14.2 Å². The van der Waals surface area contributed by atoms with Crippen LogP contribution in [0.25, 0.3) is 5.76 Å². The molecule has 2 aromatic carbocycles. The van der Waals surface area contributed by atoms with E-state index in [9.17, 15) is 14.7 Å². The predicted octanol–water partition coefficient (Wildman–Crippen LogP) is 3.40. The topological polar surface area (TPSA) is 94.5 Å². The van der Waals surface area contributed by atoms with E-state index in [2.05, 4.69) is 0 Å². The van der Waals surface area contributed by atoms with E-state index in [0.717, 1.165) is 11.1 Å². The molecule has 1 amide bonds. The molecule has 1 saturated heterocycles. The highest BCUT2D eigenvalue weighted by atomic mass is 16.5. The predicted molar refractivity (Wildman–Crippen MR) is 123 cm³/mol. The number of nitrogens with zero attached hydrogens (tertiary/aromatic N) is 1. The smallest absolute Gasteiger partial charge is 0.295 e. The first kappa shape index (κ1) is 24.1. The molecule has 1 aliphatic rings. The molecule has 1 N–H and O–H groups in total. The molecule has 0 aliphatic carbocycles. The number of carbonyl (C=O) groups is 2. The largest absolute Gasteiger partial charge is 0.507 e. The van der Waals surface area contributed by atoms with Gasteiger partial charge in [0.05, 0.1) is 45.1 Å². The number of amides is 1. The van der Waals surface area contributed by atoms with Crippen LogP contribution in [-0.4, -0.2) is 63.3 Å². The molecule has 1 unspecified atom stereocenters. The lowest BCUT2D eigenvalue weighted by Crippen LogP contribution is -2.32. The Morgan fingerprint density at radius 1 is 0.970 bits per heavy atom. The molecule has 8 nitrogen and oxygen atoms in total. The van der Waals surface area contributed by atoms with Gasteiger partial charge < -0.3 is 29.0 Å². The number of likely N-dealkylation sites (tertiary alicyclic amines) is 1. The van der Waals surface area contributed by atoms with Crippen LogP contribution in [0.4, 0.5) is 0 Å². The second-order valence-electron chi connectivity index (χ2n) is 7.76. The Labute approximate surface area is 193 Å². The Kier molecular flexibility index (Phi) is 7.28. The fourth-order valence-corrected chi connectivity index (χ4v) is 4.22. The van der Waals surface area contributed by atoms with Gasteiger partial charge in [-0.1, -0.05) is 12.1 Å². The van der Waals surface area contributed by atoms with Crippen molar-refractivity contribution >= 4 is 17.4 Å². The Balaban J connectivity index is 2.28. The molecule has 0 radical (unpaired) electrons. The molecule has 0 saturated carbocycles. The molecule has 3 rings (SSSR count). The molecule has 1 heterocycles. The van der Waals surface area contributed by atoms with Crippen molar-refractivity contribution in [2.45, 2.75) is 19.9 Å². The Morgan fingerprint density at radius 3 is 2.27 bits per heavy atom. The minimum Gasteiger partial charge on any atom is -0.507 e. The van der Waals surface area contributed by atoms with Crippen molar-refractivity contribution in [2.75, 3.05) is 41.6 Å². The van der Waals surface area contributed by atoms with Crippen LogP contribution in [0.1, 0.15) is 28.3 Å². The number of ether oxygens (including phenoxy) is 4. The number of ketones is 1. The van der Waals surface area contributed by atoms with E-state index >= 15 is 0 Å². The van der Waals surface area contributed by atoms with Gasteiger partial charge in [0.25, 0.3) is 11.7 Å². The van der Waals surface area contributed by atoms with Crippen molar-refractivity contribution in [3.8, 4) is 17.2 Å². The molecule has 2 aromatic rings. The summed E-state index contributed by atoms with van der Waals surface area (Å²) in [6.45, 7) is 4.13. The highest BCUT2D eigenvalue weighted by molar-refractivity contribution is 6.46. The van der Waals surface area contributed by atoms with Gasteiger partial charge >= 0.3 is 0 Å². The minimum atomic E-state index is -0.842. The van der Waals surface area contributed by atoms with Gasteiger partial charge in [-0.3, -0.25) is 9.59 Å². The van der Waals surface area contributed by atoms with E-state index in [4.69, 9.17) is 18.9 Å². The van der Waals surface area contributed by atoms with Crippen LogP contribution in [0.15, 0.2) is 35.9 Å². The van der Waals surface area contributed by atoms with Crippen LogP contribution >= 0.6 is 0 Å². The molecule has 1 fully saturated rings. The van der Waals surface area contributed by atoms with E-state index in [1.54, 1.807) is 24.3 Å². The first-order chi connectivity index (χ1) is 15.8. The number of benzene rings is 2. The van der Waals surface area contributed by atoms with Crippen LogP contribution in [0.5, 0.6) is 17.2 Å². The van der Waals surface area contributed by atoms with Crippen molar-refractivity contribution in [2.24, 2.45) is 0 Å². The number of aliphatic hydroxyl groups excluding tert-OH is 1. The number of Topliss-reactive ketones (excluding diaryl/α,β-unsaturated/α-hetero) is 1. The Hall–Kier alpha value is -3.52. The van der Waals surface area contributed by atoms with E-state index in [1.165, 1.54) is 33.3 Å². The number of hydrogen-bond acceptors (Lipinski definition) is 7. The summed E-state index contributed by atoms with van der Waals surface area (Å²) < 4.78 is 21.4. The fourth-order valence-electron chi connectivity index (χ4n) is 4.22. The summed E-state index contributed by atoms with van der Waals surface area (Å²) >= 11 is 0. The number of carbonyl (C=O) groups excluding carboxylic acids is 2. The summed E-state index contributed by atoms with van der Waals surface area (Å²) in [5.74, 6) is -0.396. The molecular formula is C25H29NO7. The molecule has 0 spiro atoms. The average molecular weight is 456 g/mol. The summed E-state index contributed by atoms with van der Waals surface area (Å²) in [6, 6.07) is 7.94. The number of aryl methyl sites for hydroxylation is 2. The van der Waals surface area contributed by atoms with Crippen LogP contribution in [0.2, 0.25) is 0 Å². The van der Waals surface area contributed by atoms with Crippen molar-refractivity contribution < 1.29 is 33.6 Å². The average Bonchev–Trinajstić information content (AvgIpc) is 3.06. The molecule has 0 aromatic heterocycles. The molecule has 8 heteroatoms. The first-order valence-corrected chi connectivity index (χ1v) is 10.4. The highest BCUT2D eigenvalue weighted by Gasteiger charge is 2.46. The quantitative estimate of drug-likeness (QED) is 0.370. The SMILES string of the molecule is COCCN1C(=O)C(=O)/C(=C(/O)c2cc(C)cc(C)c2OC)C1c1ccc(OC)c(OC)c1. The van der Waals surface area contributed by atoms with Gasteiger partial charge in [0.15, 0.2) is 11.5 Å². The second kappa shape index (κ2) is 9.95. The highest BCUT2D eigenvalue weighted by Crippen LogP contribution is 2.43.